The fourth-order valence-electron chi connectivity index (χ4n) is 4.35. The predicted octanol–water partition coefficient (Wildman–Crippen LogP) is 3.16. The van der Waals surface area contributed by atoms with E-state index < -0.39 is 9.84 Å². The van der Waals surface area contributed by atoms with E-state index in [0.717, 1.165) is 17.7 Å². The van der Waals surface area contributed by atoms with E-state index in [9.17, 15) is 13.2 Å². The summed E-state index contributed by atoms with van der Waals surface area (Å²) in [7, 11) is -3.02. The molecule has 0 radical (unpaired) electrons. The van der Waals surface area contributed by atoms with Gasteiger partial charge < -0.3 is 4.42 Å². The number of hydrogen-bond donors (Lipinski definition) is 0. The molecule has 0 bridgehead atoms. The number of furan rings is 1. The minimum absolute atomic E-state index is 0.112. The quantitative estimate of drug-likeness (QED) is 0.656. The van der Waals surface area contributed by atoms with Gasteiger partial charge in [-0.25, -0.2) is 13.4 Å². The number of carbonyl (C=O) groups excluding carboxylic acids is 1. The number of hydrogen-bond acceptors (Lipinski definition) is 6. The van der Waals surface area contributed by atoms with Crippen LogP contribution in [0, 0.1) is 6.92 Å². The molecule has 1 aromatic carbocycles. The first-order valence-corrected chi connectivity index (χ1v) is 12.6. The summed E-state index contributed by atoms with van der Waals surface area (Å²) in [6, 6.07) is 11.4. The normalized spacial score (nSPS) is 22.8. The zero-order valence-corrected chi connectivity index (χ0v) is 18.8. The van der Waals surface area contributed by atoms with E-state index in [1.807, 2.05) is 55.1 Å². The van der Waals surface area contributed by atoms with E-state index in [0.29, 0.717) is 25.1 Å². The summed E-state index contributed by atoms with van der Waals surface area (Å²) in [6.45, 7) is 4.90. The molecule has 3 heterocycles. The second-order valence-electron chi connectivity index (χ2n) is 8.41. The van der Waals surface area contributed by atoms with Crippen molar-refractivity contribution in [1.82, 2.24) is 9.91 Å². The maximum Gasteiger partial charge on any atom is 0.257 e. The summed E-state index contributed by atoms with van der Waals surface area (Å²) in [4.78, 5) is 15.4. The third-order valence-corrected chi connectivity index (χ3v) is 7.75. The standard InChI is InChI=1S/C23H29N3O4S/c1-3-11-25(19-10-13-31(28,29)16-19)15-23(27)26-21(22-5-4-12-30-22)14-20(24-26)18-8-6-17(2)7-9-18/h4-9,12,19,21H,3,10-11,13-16H2,1-2H3. The highest BCUT2D eigenvalue weighted by Crippen LogP contribution is 2.33. The topological polar surface area (TPSA) is 83.2 Å². The van der Waals surface area contributed by atoms with Gasteiger partial charge in [-0.15, -0.1) is 0 Å². The van der Waals surface area contributed by atoms with Crippen LogP contribution in [0.1, 0.15) is 49.1 Å². The van der Waals surface area contributed by atoms with Crippen molar-refractivity contribution in [2.75, 3.05) is 24.6 Å². The van der Waals surface area contributed by atoms with Gasteiger partial charge in [-0.1, -0.05) is 36.8 Å². The van der Waals surface area contributed by atoms with Gasteiger partial charge in [0, 0.05) is 12.5 Å². The Balaban J connectivity index is 1.57. The third kappa shape index (κ3) is 4.91. The molecule has 0 N–H and O–H groups in total. The maximum atomic E-state index is 13.4. The van der Waals surface area contributed by atoms with Gasteiger partial charge in [0.1, 0.15) is 11.8 Å². The number of rotatable bonds is 7. The van der Waals surface area contributed by atoms with Crippen LogP contribution < -0.4 is 0 Å². The minimum Gasteiger partial charge on any atom is -0.467 e. The van der Waals surface area contributed by atoms with Crippen molar-refractivity contribution in [2.45, 2.75) is 45.2 Å². The zero-order valence-electron chi connectivity index (χ0n) is 18.0. The Hall–Kier alpha value is -2.45. The molecule has 0 aliphatic carbocycles. The number of hydrazone groups is 1. The van der Waals surface area contributed by atoms with Gasteiger partial charge in [-0.05, 0) is 44.0 Å². The second kappa shape index (κ2) is 8.96. The molecule has 166 valence electrons. The van der Waals surface area contributed by atoms with E-state index >= 15 is 0 Å². The van der Waals surface area contributed by atoms with Gasteiger partial charge >= 0.3 is 0 Å². The van der Waals surface area contributed by atoms with Gasteiger partial charge in [0.05, 0.1) is 30.0 Å². The summed E-state index contributed by atoms with van der Waals surface area (Å²) in [6.07, 6.45) is 3.61. The van der Waals surface area contributed by atoms with Crippen LogP contribution in [0.3, 0.4) is 0 Å². The summed E-state index contributed by atoms with van der Waals surface area (Å²) in [5.41, 5.74) is 3.00. The molecule has 1 aromatic heterocycles. The molecule has 7 nitrogen and oxygen atoms in total. The summed E-state index contributed by atoms with van der Waals surface area (Å²) in [5.74, 6) is 0.881. The molecule has 31 heavy (non-hydrogen) atoms. The van der Waals surface area contributed by atoms with Crippen molar-refractivity contribution in [3.63, 3.8) is 0 Å². The van der Waals surface area contributed by atoms with Crippen LogP contribution in [-0.2, 0) is 14.6 Å². The number of nitrogens with zero attached hydrogens (tertiary/aromatic N) is 3. The summed E-state index contributed by atoms with van der Waals surface area (Å²) in [5, 5.41) is 6.22. The van der Waals surface area contributed by atoms with E-state index in [2.05, 4.69) is 5.10 Å². The van der Waals surface area contributed by atoms with E-state index in [4.69, 9.17) is 4.42 Å². The fourth-order valence-corrected chi connectivity index (χ4v) is 6.11. The van der Waals surface area contributed by atoms with Gasteiger partial charge in [-0.3, -0.25) is 9.69 Å². The van der Waals surface area contributed by atoms with Crippen molar-refractivity contribution in [3.8, 4) is 0 Å². The fraction of sp³-hybridized carbons (Fsp3) is 0.478. The van der Waals surface area contributed by atoms with E-state index in [-0.39, 0.29) is 36.0 Å². The Kier molecular flexibility index (Phi) is 6.29. The zero-order chi connectivity index (χ0) is 22.0. The predicted molar refractivity (Wildman–Crippen MR) is 120 cm³/mol. The lowest BCUT2D eigenvalue weighted by Gasteiger charge is -2.29. The van der Waals surface area contributed by atoms with Crippen LogP contribution >= 0.6 is 0 Å². The molecule has 2 unspecified atom stereocenters. The largest absolute Gasteiger partial charge is 0.467 e. The Morgan fingerprint density at radius 3 is 2.65 bits per heavy atom. The monoisotopic (exact) mass is 443 g/mol. The molecule has 0 spiro atoms. The second-order valence-corrected chi connectivity index (χ2v) is 10.6. The van der Waals surface area contributed by atoms with Crippen LogP contribution in [0.25, 0.3) is 0 Å². The average molecular weight is 444 g/mol. The minimum atomic E-state index is -3.02. The van der Waals surface area contributed by atoms with Gasteiger partial charge in [0.15, 0.2) is 9.84 Å². The first-order chi connectivity index (χ1) is 14.9. The number of amides is 1. The third-order valence-electron chi connectivity index (χ3n) is 6.00. The Bertz CT molecular complexity index is 1050. The van der Waals surface area contributed by atoms with Crippen LogP contribution in [0.2, 0.25) is 0 Å². The van der Waals surface area contributed by atoms with E-state index in [1.165, 1.54) is 10.6 Å². The molecule has 1 fully saturated rings. The Morgan fingerprint density at radius 1 is 1.26 bits per heavy atom. The molecule has 8 heteroatoms. The SMILES string of the molecule is CCCN(CC(=O)N1N=C(c2ccc(C)cc2)CC1c1ccco1)C1CCS(=O)(=O)C1. The number of carbonyl (C=O) groups is 1. The van der Waals surface area contributed by atoms with Crippen molar-refractivity contribution in [1.29, 1.82) is 0 Å². The van der Waals surface area contributed by atoms with Gasteiger partial charge in [0.25, 0.3) is 5.91 Å². The molecule has 2 aliphatic heterocycles. The molecule has 2 atom stereocenters. The van der Waals surface area contributed by atoms with Crippen molar-refractivity contribution >= 4 is 21.5 Å². The molecule has 1 saturated heterocycles. The number of benzene rings is 1. The molecule has 0 saturated carbocycles. The molecular formula is C23H29N3O4S. The smallest absolute Gasteiger partial charge is 0.257 e. The van der Waals surface area contributed by atoms with Crippen LogP contribution in [0.5, 0.6) is 0 Å². The highest BCUT2D eigenvalue weighted by atomic mass is 32.2. The summed E-state index contributed by atoms with van der Waals surface area (Å²) >= 11 is 0. The van der Waals surface area contributed by atoms with E-state index in [1.54, 1.807) is 6.26 Å². The van der Waals surface area contributed by atoms with Crippen LogP contribution in [0.4, 0.5) is 0 Å². The Morgan fingerprint density at radius 2 is 2.03 bits per heavy atom. The molecule has 1 amide bonds. The lowest BCUT2D eigenvalue weighted by Crippen LogP contribution is -2.44. The number of sulfone groups is 1. The maximum absolute atomic E-state index is 13.4. The van der Waals surface area contributed by atoms with Gasteiger partial charge in [0.2, 0.25) is 0 Å². The van der Waals surface area contributed by atoms with Gasteiger partial charge in [-0.2, -0.15) is 5.10 Å². The lowest BCUT2D eigenvalue weighted by atomic mass is 10.0. The van der Waals surface area contributed by atoms with Crippen molar-refractivity contribution in [3.05, 3.63) is 59.5 Å². The van der Waals surface area contributed by atoms with Crippen molar-refractivity contribution < 1.29 is 17.6 Å². The highest BCUT2D eigenvalue weighted by molar-refractivity contribution is 7.91. The highest BCUT2D eigenvalue weighted by Gasteiger charge is 2.38. The first kappa shape index (κ1) is 21.8. The lowest BCUT2D eigenvalue weighted by molar-refractivity contribution is -0.135. The summed E-state index contributed by atoms with van der Waals surface area (Å²) < 4.78 is 29.6. The van der Waals surface area contributed by atoms with Crippen LogP contribution in [0.15, 0.2) is 52.2 Å². The molecule has 2 aromatic rings. The molecule has 2 aliphatic rings. The average Bonchev–Trinajstić information content (AvgIpc) is 3.47. The van der Waals surface area contributed by atoms with Crippen LogP contribution in [-0.4, -0.2) is 60.6 Å². The first-order valence-electron chi connectivity index (χ1n) is 10.8. The molecule has 4 rings (SSSR count). The molecular weight excluding hydrogens is 414 g/mol. The Labute approximate surface area is 183 Å². The number of aryl methyl sites for hydroxylation is 1. The van der Waals surface area contributed by atoms with Crippen molar-refractivity contribution in [2.24, 2.45) is 5.10 Å².